The Kier molecular flexibility index (Phi) is 7.91. The fraction of sp³-hybridized carbons (Fsp3) is 0. The van der Waals surface area contributed by atoms with Crippen LogP contribution in [0.3, 0.4) is 0 Å². The van der Waals surface area contributed by atoms with Gasteiger partial charge in [-0.05, 0) is 40.8 Å². The van der Waals surface area contributed by atoms with Crippen LogP contribution in [-0.2, 0) is 0 Å². The molecule has 10 aromatic carbocycles. The second-order valence-corrected chi connectivity index (χ2v) is 17.6. The summed E-state index contributed by atoms with van der Waals surface area (Å²) >= 11 is 0.363. The van der Waals surface area contributed by atoms with Crippen LogP contribution in [0.2, 0.25) is 0 Å². The van der Waals surface area contributed by atoms with E-state index in [0.29, 0.717) is 14.5 Å². The van der Waals surface area contributed by atoms with Gasteiger partial charge in [-0.15, -0.1) is 0 Å². The summed E-state index contributed by atoms with van der Waals surface area (Å²) in [6, 6.07) is 80.4. The predicted molar refractivity (Wildman–Crippen MR) is 253 cm³/mol. The van der Waals surface area contributed by atoms with Gasteiger partial charge in [-0.1, -0.05) is 91.0 Å². The number of aromatic nitrogens is 1. The summed E-state index contributed by atoms with van der Waals surface area (Å²) in [4.78, 5) is 2.43. The number of fused-ring (bicyclic) bond motifs is 9. The third kappa shape index (κ3) is 5.62. The molecule has 0 fully saturated rings. The van der Waals surface area contributed by atoms with Gasteiger partial charge < -0.3 is 4.57 Å². The van der Waals surface area contributed by atoms with E-state index in [1.165, 1.54) is 84.9 Å². The van der Waals surface area contributed by atoms with Gasteiger partial charge in [0.15, 0.2) is 0 Å². The van der Waals surface area contributed by atoms with E-state index >= 15 is 0 Å². The molecule has 0 saturated carbocycles. The quantitative estimate of drug-likeness (QED) is 0.120. The van der Waals surface area contributed by atoms with Crippen molar-refractivity contribution >= 4 is 94.2 Å². The molecule has 0 radical (unpaired) electrons. The van der Waals surface area contributed by atoms with Crippen LogP contribution in [0.4, 0.5) is 17.1 Å². The molecule has 59 heavy (non-hydrogen) atoms. The Morgan fingerprint density at radius 2 is 0.864 bits per heavy atom. The molecule has 12 aromatic rings. The molecule has 3 heteroatoms. The maximum atomic E-state index is 2.43. The Hall–Kier alpha value is -7.16. The van der Waals surface area contributed by atoms with Crippen LogP contribution in [0.25, 0.3) is 90.6 Å². The van der Waals surface area contributed by atoms with Crippen molar-refractivity contribution in [3.8, 4) is 27.9 Å². The monoisotopic (exact) mass is 816 g/mol. The van der Waals surface area contributed by atoms with Crippen molar-refractivity contribution in [3.63, 3.8) is 0 Å². The Labute approximate surface area is 348 Å². The van der Waals surface area contributed by atoms with Crippen LogP contribution in [0, 0.1) is 0 Å². The summed E-state index contributed by atoms with van der Waals surface area (Å²) in [6.45, 7) is 0. The van der Waals surface area contributed by atoms with Gasteiger partial charge in [0.05, 0.1) is 11.0 Å². The van der Waals surface area contributed by atoms with Gasteiger partial charge >= 0.3 is 186 Å². The molecule has 0 unspecified atom stereocenters. The van der Waals surface area contributed by atoms with Crippen LogP contribution in [0.1, 0.15) is 0 Å². The number of hydrogen-bond donors (Lipinski definition) is 0. The summed E-state index contributed by atoms with van der Waals surface area (Å²) in [6.07, 6.45) is 0. The third-order valence-corrected chi connectivity index (χ3v) is 14.4. The van der Waals surface area contributed by atoms with Gasteiger partial charge in [0.25, 0.3) is 0 Å². The molecular formula is C56H36N2Se. The Morgan fingerprint density at radius 1 is 0.322 bits per heavy atom. The summed E-state index contributed by atoms with van der Waals surface area (Å²) in [7, 11) is 0. The minimum atomic E-state index is 0.363. The van der Waals surface area contributed by atoms with E-state index in [-0.39, 0.29) is 0 Å². The van der Waals surface area contributed by atoms with E-state index in [0.717, 1.165) is 22.7 Å². The molecule has 0 aliphatic heterocycles. The second-order valence-electron chi connectivity index (χ2n) is 15.3. The average Bonchev–Trinajstić information content (AvgIpc) is 3.85. The fourth-order valence-corrected chi connectivity index (χ4v) is 11.4. The van der Waals surface area contributed by atoms with Crippen LogP contribution >= 0.6 is 0 Å². The van der Waals surface area contributed by atoms with E-state index in [4.69, 9.17) is 0 Å². The first kappa shape index (κ1) is 33.9. The minimum Gasteiger partial charge on any atom is -0.0602 e. The number of anilines is 3. The van der Waals surface area contributed by atoms with Crippen LogP contribution in [0.5, 0.6) is 0 Å². The molecule has 12 rings (SSSR count). The molecule has 0 saturated heterocycles. The van der Waals surface area contributed by atoms with Crippen molar-refractivity contribution in [2.75, 3.05) is 4.90 Å². The number of hydrogen-bond acceptors (Lipinski definition) is 1. The minimum absolute atomic E-state index is 0.363. The third-order valence-electron chi connectivity index (χ3n) is 12.0. The number of nitrogens with zero attached hydrogens (tertiary/aromatic N) is 2. The van der Waals surface area contributed by atoms with E-state index < -0.39 is 0 Å². The van der Waals surface area contributed by atoms with Crippen LogP contribution in [0.15, 0.2) is 218 Å². The van der Waals surface area contributed by atoms with Crippen molar-refractivity contribution in [1.82, 2.24) is 4.57 Å². The van der Waals surface area contributed by atoms with Gasteiger partial charge in [0, 0.05) is 16.5 Å². The number of para-hydroxylation sites is 2. The van der Waals surface area contributed by atoms with Crippen molar-refractivity contribution < 1.29 is 0 Å². The molecule has 0 aliphatic carbocycles. The molecule has 0 atom stereocenters. The van der Waals surface area contributed by atoms with Gasteiger partial charge in [-0.25, -0.2) is 0 Å². The molecule has 276 valence electrons. The first-order valence-electron chi connectivity index (χ1n) is 20.2. The summed E-state index contributed by atoms with van der Waals surface area (Å²) in [5.41, 5.74) is 11.8. The first-order chi connectivity index (χ1) is 29.2. The second kappa shape index (κ2) is 13.7. The Bertz CT molecular complexity index is 3540. The zero-order valence-electron chi connectivity index (χ0n) is 32.1. The van der Waals surface area contributed by atoms with Gasteiger partial charge in [-0.2, -0.15) is 0 Å². The topological polar surface area (TPSA) is 8.17 Å². The van der Waals surface area contributed by atoms with Gasteiger partial charge in [0.2, 0.25) is 0 Å². The standard InChI is InChI=1S/C56H36N2Se/c1-2-13-42(14-3-1)58-52-20-10-8-18-48(52)49-32-26-40(35-54(49)58)38-24-30-44(31-25-38)57(53-36-41-12-4-5-15-45(41)46-16-6-7-17-47(46)53)43-28-22-37(23-29-43)39-27-33-56-51(34-39)50-19-9-11-21-55(50)59-56/h1-36H. The molecule has 0 spiro atoms. The molecule has 0 amide bonds. The van der Waals surface area contributed by atoms with Crippen LogP contribution in [-0.4, -0.2) is 19.1 Å². The maximum absolute atomic E-state index is 2.43. The van der Waals surface area contributed by atoms with Gasteiger partial charge in [0.1, 0.15) is 0 Å². The summed E-state index contributed by atoms with van der Waals surface area (Å²) in [5.74, 6) is 0. The van der Waals surface area contributed by atoms with Crippen molar-refractivity contribution in [2.24, 2.45) is 0 Å². The molecule has 0 aliphatic rings. The van der Waals surface area contributed by atoms with E-state index in [2.05, 4.69) is 228 Å². The SMILES string of the molecule is c1ccc(-n2c3ccccc3c3ccc(-c4ccc(N(c5ccc(-c6ccc7[se]c8ccccc8c7c6)cc5)c5cc6ccccc6c6ccccc56)cc4)cc32)cc1. The molecule has 0 N–H and O–H groups in total. The van der Waals surface area contributed by atoms with Crippen LogP contribution < -0.4 is 4.90 Å². The van der Waals surface area contributed by atoms with E-state index in [1.54, 1.807) is 0 Å². The number of rotatable bonds is 6. The molecule has 2 nitrogen and oxygen atoms in total. The summed E-state index contributed by atoms with van der Waals surface area (Å²) in [5, 5.41) is 10.2. The van der Waals surface area contributed by atoms with Crippen molar-refractivity contribution in [3.05, 3.63) is 218 Å². The zero-order valence-corrected chi connectivity index (χ0v) is 33.8. The number of benzene rings is 10. The molecule has 2 heterocycles. The van der Waals surface area contributed by atoms with E-state index in [9.17, 15) is 0 Å². The predicted octanol–water partition coefficient (Wildman–Crippen LogP) is 15.3. The average molecular weight is 816 g/mol. The Balaban J connectivity index is 0.989. The smallest absolute Gasteiger partial charge is 0.0602 e. The summed E-state index contributed by atoms with van der Waals surface area (Å²) < 4.78 is 5.33. The Morgan fingerprint density at radius 3 is 1.63 bits per heavy atom. The first-order valence-corrected chi connectivity index (χ1v) is 21.9. The fourth-order valence-electron chi connectivity index (χ4n) is 9.16. The van der Waals surface area contributed by atoms with E-state index in [1.807, 2.05) is 0 Å². The zero-order chi connectivity index (χ0) is 38.9. The molecule has 2 aromatic heterocycles. The van der Waals surface area contributed by atoms with Gasteiger partial charge in [-0.3, -0.25) is 0 Å². The van der Waals surface area contributed by atoms with Crippen molar-refractivity contribution in [1.29, 1.82) is 0 Å². The molecular weight excluding hydrogens is 780 g/mol. The normalized spacial score (nSPS) is 11.7. The molecule has 0 bridgehead atoms. The van der Waals surface area contributed by atoms with Crippen molar-refractivity contribution in [2.45, 2.75) is 0 Å².